The standard InChI is InChI=1S/C23H29NO4/c1-13(2)28-18-10-8-7-9-15(18)20-19(22(26)27-6)14(3)24-16-11-23(4,5)12-17(25)21(16)20/h7-10,13,20,24H,11-12H2,1-6H3. The molecule has 1 aromatic carbocycles. The Morgan fingerprint density at radius 3 is 2.54 bits per heavy atom. The van der Waals surface area contributed by atoms with E-state index in [0.29, 0.717) is 23.3 Å². The lowest BCUT2D eigenvalue weighted by molar-refractivity contribution is -0.136. The predicted molar refractivity (Wildman–Crippen MR) is 108 cm³/mol. The van der Waals surface area contributed by atoms with E-state index in [4.69, 9.17) is 9.47 Å². The lowest BCUT2D eigenvalue weighted by Gasteiger charge is -2.39. The largest absolute Gasteiger partial charge is 0.491 e. The molecule has 1 aliphatic heterocycles. The minimum absolute atomic E-state index is 0.0241. The summed E-state index contributed by atoms with van der Waals surface area (Å²) < 4.78 is 11.1. The third-order valence-corrected chi connectivity index (χ3v) is 5.24. The number of Topliss-reactive ketones (excluding diaryl/α,β-unsaturated/α-hetero) is 1. The van der Waals surface area contributed by atoms with Crippen molar-refractivity contribution in [2.75, 3.05) is 7.11 Å². The maximum atomic E-state index is 13.2. The first kappa shape index (κ1) is 20.2. The molecule has 0 saturated carbocycles. The smallest absolute Gasteiger partial charge is 0.336 e. The van der Waals surface area contributed by atoms with E-state index in [1.165, 1.54) is 7.11 Å². The highest BCUT2D eigenvalue weighted by molar-refractivity contribution is 6.04. The Morgan fingerprint density at radius 2 is 1.89 bits per heavy atom. The molecule has 0 saturated heterocycles. The summed E-state index contributed by atoms with van der Waals surface area (Å²) >= 11 is 0. The molecule has 1 heterocycles. The summed E-state index contributed by atoms with van der Waals surface area (Å²) in [4.78, 5) is 25.9. The normalized spacial score (nSPS) is 21.4. The summed E-state index contributed by atoms with van der Waals surface area (Å²) in [6.07, 6.45) is 1.18. The topological polar surface area (TPSA) is 64.6 Å². The van der Waals surface area contributed by atoms with Gasteiger partial charge in [-0.3, -0.25) is 4.79 Å². The van der Waals surface area contributed by atoms with Crippen LogP contribution in [0, 0.1) is 5.41 Å². The van der Waals surface area contributed by atoms with Crippen molar-refractivity contribution in [1.82, 2.24) is 5.32 Å². The summed E-state index contributed by atoms with van der Waals surface area (Å²) in [5.41, 5.74) is 3.44. The van der Waals surface area contributed by atoms with Gasteiger partial charge in [-0.05, 0) is 38.7 Å². The first-order valence-corrected chi connectivity index (χ1v) is 9.72. The van der Waals surface area contributed by atoms with Crippen molar-refractivity contribution >= 4 is 11.8 Å². The number of ether oxygens (including phenoxy) is 2. The highest BCUT2D eigenvalue weighted by atomic mass is 16.5. The zero-order valence-corrected chi connectivity index (χ0v) is 17.5. The number of rotatable bonds is 4. The fourth-order valence-electron chi connectivity index (χ4n) is 4.21. The van der Waals surface area contributed by atoms with Crippen LogP contribution in [-0.4, -0.2) is 25.0 Å². The van der Waals surface area contributed by atoms with Gasteiger partial charge in [0.15, 0.2) is 5.78 Å². The summed E-state index contributed by atoms with van der Waals surface area (Å²) in [6.45, 7) is 9.97. The molecule has 5 nitrogen and oxygen atoms in total. The molecular weight excluding hydrogens is 354 g/mol. The molecule has 0 amide bonds. The maximum Gasteiger partial charge on any atom is 0.336 e. The van der Waals surface area contributed by atoms with E-state index in [2.05, 4.69) is 19.2 Å². The molecule has 1 aromatic rings. The monoisotopic (exact) mass is 383 g/mol. The number of hydrogen-bond donors (Lipinski definition) is 1. The molecule has 28 heavy (non-hydrogen) atoms. The lowest BCUT2D eigenvalue weighted by atomic mass is 9.68. The summed E-state index contributed by atoms with van der Waals surface area (Å²) in [6, 6.07) is 7.63. The number of allylic oxidation sites excluding steroid dienone is 3. The molecule has 0 radical (unpaired) electrons. The van der Waals surface area contributed by atoms with Crippen LogP contribution in [0.15, 0.2) is 46.8 Å². The van der Waals surface area contributed by atoms with Gasteiger partial charge in [-0.2, -0.15) is 0 Å². The van der Waals surface area contributed by atoms with Crippen molar-refractivity contribution < 1.29 is 19.1 Å². The molecular formula is C23H29NO4. The van der Waals surface area contributed by atoms with Crippen LogP contribution in [0.4, 0.5) is 0 Å². The molecule has 3 rings (SSSR count). The van der Waals surface area contributed by atoms with Crippen molar-refractivity contribution in [3.05, 3.63) is 52.4 Å². The quantitative estimate of drug-likeness (QED) is 0.788. The van der Waals surface area contributed by atoms with Crippen LogP contribution in [0.25, 0.3) is 0 Å². The molecule has 2 aliphatic rings. The van der Waals surface area contributed by atoms with Gasteiger partial charge < -0.3 is 14.8 Å². The van der Waals surface area contributed by atoms with Gasteiger partial charge >= 0.3 is 5.97 Å². The Kier molecular flexibility index (Phi) is 5.37. The second-order valence-corrected chi connectivity index (χ2v) is 8.63. The van der Waals surface area contributed by atoms with Crippen LogP contribution in [-0.2, 0) is 14.3 Å². The molecule has 0 aromatic heterocycles. The summed E-state index contributed by atoms with van der Waals surface area (Å²) in [5, 5.41) is 3.33. The molecule has 1 unspecified atom stereocenters. The van der Waals surface area contributed by atoms with E-state index >= 15 is 0 Å². The molecule has 1 atom stereocenters. The van der Waals surface area contributed by atoms with E-state index < -0.39 is 11.9 Å². The highest BCUT2D eigenvalue weighted by Crippen LogP contribution is 2.48. The average Bonchev–Trinajstić information content (AvgIpc) is 2.59. The Hall–Kier alpha value is -2.56. The predicted octanol–water partition coefficient (Wildman–Crippen LogP) is 4.25. The molecule has 1 N–H and O–H groups in total. The molecule has 0 spiro atoms. The van der Waals surface area contributed by atoms with Gasteiger partial charge in [0.2, 0.25) is 0 Å². The number of nitrogens with one attached hydrogen (secondary N) is 1. The highest BCUT2D eigenvalue weighted by Gasteiger charge is 2.43. The van der Waals surface area contributed by atoms with Crippen LogP contribution in [0.5, 0.6) is 5.75 Å². The maximum absolute atomic E-state index is 13.2. The van der Waals surface area contributed by atoms with Gasteiger partial charge in [-0.1, -0.05) is 32.0 Å². The minimum Gasteiger partial charge on any atom is -0.491 e. The molecule has 5 heteroatoms. The molecule has 0 fully saturated rings. The number of hydrogen-bond acceptors (Lipinski definition) is 5. The number of carbonyl (C=O) groups excluding carboxylic acids is 2. The third kappa shape index (κ3) is 3.71. The first-order valence-electron chi connectivity index (χ1n) is 9.72. The van der Waals surface area contributed by atoms with E-state index in [0.717, 1.165) is 23.4 Å². The number of methoxy groups -OCH3 is 1. The zero-order valence-electron chi connectivity index (χ0n) is 17.5. The van der Waals surface area contributed by atoms with E-state index in [1.54, 1.807) is 0 Å². The van der Waals surface area contributed by atoms with Crippen molar-refractivity contribution in [2.24, 2.45) is 5.41 Å². The fourth-order valence-corrected chi connectivity index (χ4v) is 4.21. The molecule has 0 bridgehead atoms. The summed E-state index contributed by atoms with van der Waals surface area (Å²) in [5.74, 6) is -0.180. The summed E-state index contributed by atoms with van der Waals surface area (Å²) in [7, 11) is 1.37. The molecule has 150 valence electrons. The number of esters is 1. The second-order valence-electron chi connectivity index (χ2n) is 8.63. The lowest BCUT2D eigenvalue weighted by Crippen LogP contribution is -2.38. The van der Waals surface area contributed by atoms with Crippen LogP contribution >= 0.6 is 0 Å². The van der Waals surface area contributed by atoms with Crippen molar-refractivity contribution in [1.29, 1.82) is 0 Å². The van der Waals surface area contributed by atoms with Crippen LogP contribution in [0.3, 0.4) is 0 Å². The van der Waals surface area contributed by atoms with Gasteiger partial charge in [0.05, 0.1) is 24.7 Å². The van der Waals surface area contributed by atoms with Crippen molar-refractivity contribution in [3.63, 3.8) is 0 Å². The minimum atomic E-state index is -0.498. The Labute approximate surface area is 166 Å². The molecule has 1 aliphatic carbocycles. The van der Waals surface area contributed by atoms with Gasteiger partial charge in [0, 0.05) is 29.0 Å². The number of dihydropyridines is 1. The Balaban J connectivity index is 2.23. The van der Waals surface area contributed by atoms with Gasteiger partial charge in [-0.15, -0.1) is 0 Å². The second kappa shape index (κ2) is 7.46. The number of benzene rings is 1. The average molecular weight is 383 g/mol. The SMILES string of the molecule is COC(=O)C1=C(C)NC2=C(C(=O)CC(C)(C)C2)C1c1ccccc1OC(C)C. The fraction of sp³-hybridized carbons (Fsp3) is 0.478. The van der Waals surface area contributed by atoms with Crippen LogP contribution < -0.4 is 10.1 Å². The van der Waals surface area contributed by atoms with Gasteiger partial charge in [-0.25, -0.2) is 4.79 Å². The first-order chi connectivity index (χ1) is 13.1. The third-order valence-electron chi connectivity index (χ3n) is 5.24. The van der Waals surface area contributed by atoms with Crippen LogP contribution in [0.1, 0.15) is 58.9 Å². The van der Waals surface area contributed by atoms with E-state index in [-0.39, 0.29) is 17.3 Å². The van der Waals surface area contributed by atoms with Gasteiger partial charge in [0.25, 0.3) is 0 Å². The van der Waals surface area contributed by atoms with Crippen molar-refractivity contribution in [3.8, 4) is 5.75 Å². The van der Waals surface area contributed by atoms with E-state index in [1.807, 2.05) is 45.0 Å². The van der Waals surface area contributed by atoms with E-state index in [9.17, 15) is 9.59 Å². The Bertz CT molecular complexity index is 876. The number of carbonyl (C=O) groups is 2. The number of para-hydroxylation sites is 1. The number of ketones is 1. The zero-order chi connectivity index (χ0) is 20.6. The van der Waals surface area contributed by atoms with Crippen LogP contribution in [0.2, 0.25) is 0 Å². The van der Waals surface area contributed by atoms with Gasteiger partial charge in [0.1, 0.15) is 5.75 Å². The van der Waals surface area contributed by atoms with Crippen molar-refractivity contribution in [2.45, 2.75) is 59.5 Å². The Morgan fingerprint density at radius 1 is 1.21 bits per heavy atom.